The summed E-state index contributed by atoms with van der Waals surface area (Å²) in [5, 5.41) is 4.05. The summed E-state index contributed by atoms with van der Waals surface area (Å²) < 4.78 is 10.6. The largest absolute Gasteiger partial charge is 0.454 e. The van der Waals surface area contributed by atoms with Crippen molar-refractivity contribution in [3.05, 3.63) is 57.6 Å². The molecule has 0 saturated heterocycles. The van der Waals surface area contributed by atoms with Gasteiger partial charge in [0.15, 0.2) is 11.5 Å². The van der Waals surface area contributed by atoms with Crippen molar-refractivity contribution in [2.24, 2.45) is 0 Å². The summed E-state index contributed by atoms with van der Waals surface area (Å²) in [7, 11) is 0. The smallest absolute Gasteiger partial charge is 0.231 e. The lowest BCUT2D eigenvalue weighted by molar-refractivity contribution is -0.121. The highest BCUT2D eigenvalue weighted by Crippen LogP contribution is 2.32. The molecule has 3 rings (SSSR count). The molecule has 4 nitrogen and oxygen atoms in total. The summed E-state index contributed by atoms with van der Waals surface area (Å²) in [6.07, 6.45) is 0.833. The van der Waals surface area contributed by atoms with Crippen molar-refractivity contribution in [1.29, 1.82) is 0 Å². The zero-order valence-corrected chi connectivity index (χ0v) is 13.8. The van der Waals surface area contributed by atoms with Crippen LogP contribution < -0.4 is 14.8 Å². The van der Waals surface area contributed by atoms with Gasteiger partial charge >= 0.3 is 0 Å². The molecule has 0 atom stereocenters. The fourth-order valence-electron chi connectivity index (χ4n) is 2.35. The number of benzene rings is 2. The number of amides is 1. The van der Waals surface area contributed by atoms with Crippen LogP contribution in [0.2, 0.25) is 10.0 Å². The highest BCUT2D eigenvalue weighted by molar-refractivity contribution is 6.36. The van der Waals surface area contributed by atoms with Gasteiger partial charge in [0.25, 0.3) is 0 Å². The van der Waals surface area contributed by atoms with Crippen LogP contribution in [-0.2, 0) is 17.8 Å². The zero-order chi connectivity index (χ0) is 16.2. The minimum absolute atomic E-state index is 0.0568. The van der Waals surface area contributed by atoms with Crippen LogP contribution in [0.25, 0.3) is 0 Å². The summed E-state index contributed by atoms with van der Waals surface area (Å²) >= 11 is 12.2. The van der Waals surface area contributed by atoms with Crippen LogP contribution in [0.1, 0.15) is 17.5 Å². The Labute approximate surface area is 144 Å². The molecule has 1 aliphatic rings. The third-order valence-electron chi connectivity index (χ3n) is 3.59. The van der Waals surface area contributed by atoms with Gasteiger partial charge in [-0.05, 0) is 41.8 Å². The molecule has 0 aliphatic carbocycles. The number of halogens is 2. The average molecular weight is 352 g/mol. The van der Waals surface area contributed by atoms with Crippen molar-refractivity contribution in [1.82, 2.24) is 5.32 Å². The molecule has 2 aromatic rings. The van der Waals surface area contributed by atoms with Crippen LogP contribution in [-0.4, -0.2) is 12.7 Å². The van der Waals surface area contributed by atoms with Crippen LogP contribution in [0.15, 0.2) is 36.4 Å². The van der Waals surface area contributed by atoms with Crippen molar-refractivity contribution in [2.45, 2.75) is 19.4 Å². The lowest BCUT2D eigenvalue weighted by atomic mass is 10.1. The monoisotopic (exact) mass is 351 g/mol. The van der Waals surface area contributed by atoms with Gasteiger partial charge in [0, 0.05) is 23.0 Å². The third-order valence-corrected chi connectivity index (χ3v) is 4.30. The number of carbonyl (C=O) groups excluding carboxylic acids is 1. The Bertz CT molecular complexity index is 714. The number of rotatable bonds is 5. The molecular weight excluding hydrogens is 337 g/mol. The maximum atomic E-state index is 12.0. The van der Waals surface area contributed by atoms with Gasteiger partial charge in [-0.1, -0.05) is 35.3 Å². The van der Waals surface area contributed by atoms with E-state index in [1.807, 2.05) is 18.2 Å². The predicted octanol–water partition coefficient (Wildman–Crippen LogP) is 3.97. The van der Waals surface area contributed by atoms with Crippen molar-refractivity contribution in [3.8, 4) is 11.5 Å². The van der Waals surface area contributed by atoms with Gasteiger partial charge in [-0.3, -0.25) is 4.79 Å². The Kier molecular flexibility index (Phi) is 4.94. The Morgan fingerprint density at radius 3 is 2.61 bits per heavy atom. The normalized spacial score (nSPS) is 12.3. The van der Waals surface area contributed by atoms with Crippen molar-refractivity contribution < 1.29 is 14.3 Å². The molecule has 0 fully saturated rings. The third kappa shape index (κ3) is 3.89. The molecule has 0 bridgehead atoms. The Morgan fingerprint density at radius 1 is 1.09 bits per heavy atom. The number of ether oxygens (including phenoxy) is 2. The van der Waals surface area contributed by atoms with Gasteiger partial charge in [-0.25, -0.2) is 0 Å². The molecule has 0 spiro atoms. The molecule has 1 amide bonds. The van der Waals surface area contributed by atoms with E-state index in [9.17, 15) is 4.79 Å². The number of fused-ring (bicyclic) bond motifs is 1. The second-order valence-electron chi connectivity index (χ2n) is 5.16. The lowest BCUT2D eigenvalue weighted by Crippen LogP contribution is -2.23. The maximum Gasteiger partial charge on any atom is 0.231 e. The maximum absolute atomic E-state index is 12.0. The van der Waals surface area contributed by atoms with Gasteiger partial charge in [0.2, 0.25) is 12.7 Å². The fourth-order valence-corrected chi connectivity index (χ4v) is 2.94. The molecular formula is C17H15Cl2NO3. The van der Waals surface area contributed by atoms with Gasteiger partial charge in [-0.2, -0.15) is 0 Å². The van der Waals surface area contributed by atoms with Crippen LogP contribution >= 0.6 is 23.2 Å². The molecule has 23 heavy (non-hydrogen) atoms. The van der Waals surface area contributed by atoms with E-state index in [0.29, 0.717) is 35.2 Å². The number of nitrogens with one attached hydrogen (secondary N) is 1. The quantitative estimate of drug-likeness (QED) is 0.886. The van der Waals surface area contributed by atoms with E-state index >= 15 is 0 Å². The number of carbonyl (C=O) groups is 1. The highest BCUT2D eigenvalue weighted by atomic mass is 35.5. The van der Waals surface area contributed by atoms with Crippen LogP contribution in [0.5, 0.6) is 11.5 Å². The summed E-state index contributed by atoms with van der Waals surface area (Å²) in [5.74, 6) is 1.38. The van der Waals surface area contributed by atoms with Crippen LogP contribution in [0, 0.1) is 0 Å². The summed E-state index contributed by atoms with van der Waals surface area (Å²) in [4.78, 5) is 12.0. The molecule has 0 radical (unpaired) electrons. The SMILES string of the molecule is O=C(CCc1c(Cl)cccc1Cl)NCc1ccc2c(c1)OCO2. The molecule has 0 unspecified atom stereocenters. The molecule has 2 aromatic carbocycles. The van der Waals surface area contributed by atoms with E-state index in [-0.39, 0.29) is 12.7 Å². The first kappa shape index (κ1) is 16.0. The van der Waals surface area contributed by atoms with Crippen molar-refractivity contribution in [2.75, 3.05) is 6.79 Å². The average Bonchev–Trinajstić information content (AvgIpc) is 3.00. The molecule has 1 N–H and O–H groups in total. The molecule has 0 aromatic heterocycles. The summed E-state index contributed by atoms with van der Waals surface area (Å²) in [5.41, 5.74) is 1.76. The predicted molar refractivity (Wildman–Crippen MR) is 89.2 cm³/mol. The van der Waals surface area contributed by atoms with Crippen molar-refractivity contribution in [3.63, 3.8) is 0 Å². The van der Waals surface area contributed by atoms with E-state index in [0.717, 1.165) is 16.9 Å². The standard InChI is InChI=1S/C17H15Cl2NO3/c18-13-2-1-3-14(19)12(13)5-7-17(21)20-9-11-4-6-15-16(8-11)23-10-22-15/h1-4,6,8H,5,7,9-10H2,(H,20,21). The Balaban J connectivity index is 1.52. The molecule has 1 aliphatic heterocycles. The first-order valence-electron chi connectivity index (χ1n) is 7.21. The van der Waals surface area contributed by atoms with Crippen molar-refractivity contribution >= 4 is 29.1 Å². The summed E-state index contributed by atoms with van der Waals surface area (Å²) in [6, 6.07) is 10.9. The fraction of sp³-hybridized carbons (Fsp3) is 0.235. The number of hydrogen-bond acceptors (Lipinski definition) is 3. The molecule has 0 saturated carbocycles. The number of hydrogen-bond donors (Lipinski definition) is 1. The highest BCUT2D eigenvalue weighted by Gasteiger charge is 2.13. The molecule has 6 heteroatoms. The summed E-state index contributed by atoms with van der Waals surface area (Å²) in [6.45, 7) is 0.676. The second kappa shape index (κ2) is 7.11. The van der Waals surface area contributed by atoms with E-state index in [2.05, 4.69) is 5.32 Å². The topological polar surface area (TPSA) is 47.6 Å². The van der Waals surface area contributed by atoms with E-state index in [4.69, 9.17) is 32.7 Å². The van der Waals surface area contributed by atoms with Gasteiger partial charge in [0.05, 0.1) is 0 Å². The van der Waals surface area contributed by atoms with Gasteiger partial charge < -0.3 is 14.8 Å². The van der Waals surface area contributed by atoms with Crippen LogP contribution in [0.3, 0.4) is 0 Å². The minimum Gasteiger partial charge on any atom is -0.454 e. The van der Waals surface area contributed by atoms with Gasteiger partial charge in [0.1, 0.15) is 0 Å². The molecule has 120 valence electrons. The first-order chi connectivity index (χ1) is 11.1. The lowest BCUT2D eigenvalue weighted by Gasteiger charge is -2.08. The first-order valence-corrected chi connectivity index (χ1v) is 7.97. The zero-order valence-electron chi connectivity index (χ0n) is 12.3. The van der Waals surface area contributed by atoms with E-state index < -0.39 is 0 Å². The Hall–Kier alpha value is -1.91. The Morgan fingerprint density at radius 2 is 1.83 bits per heavy atom. The van der Waals surface area contributed by atoms with Gasteiger partial charge in [-0.15, -0.1) is 0 Å². The van der Waals surface area contributed by atoms with E-state index in [1.54, 1.807) is 18.2 Å². The van der Waals surface area contributed by atoms with Crippen LogP contribution in [0.4, 0.5) is 0 Å². The van der Waals surface area contributed by atoms with E-state index in [1.165, 1.54) is 0 Å². The minimum atomic E-state index is -0.0568. The second-order valence-corrected chi connectivity index (χ2v) is 5.98. The molecule has 1 heterocycles.